The zero-order valence-corrected chi connectivity index (χ0v) is 14.5. The molecular weight excluding hydrogens is 278 g/mol. The molecule has 0 aromatic rings. The summed E-state index contributed by atoms with van der Waals surface area (Å²) in [6.07, 6.45) is 1.22. The lowest BCUT2D eigenvalue weighted by Gasteiger charge is -2.38. The van der Waals surface area contributed by atoms with Gasteiger partial charge in [0, 0.05) is 45.2 Å². The highest BCUT2D eigenvalue weighted by Crippen LogP contribution is 2.21. The molecule has 2 amide bonds. The van der Waals surface area contributed by atoms with Gasteiger partial charge in [0.25, 0.3) is 0 Å². The summed E-state index contributed by atoms with van der Waals surface area (Å²) >= 11 is 0. The molecule has 126 valence electrons. The number of hydrogen-bond donors (Lipinski definition) is 0. The number of amides is 2. The summed E-state index contributed by atoms with van der Waals surface area (Å²) in [5.74, 6) is 1.75. The molecule has 0 aromatic heterocycles. The summed E-state index contributed by atoms with van der Waals surface area (Å²) in [5.41, 5.74) is 0. The average molecular weight is 309 g/mol. The van der Waals surface area contributed by atoms with Gasteiger partial charge in [-0.25, -0.2) is 0 Å². The number of piperidine rings is 1. The molecule has 2 unspecified atom stereocenters. The minimum Gasteiger partial charge on any atom is -0.341 e. The van der Waals surface area contributed by atoms with Crippen LogP contribution in [0.3, 0.4) is 0 Å². The van der Waals surface area contributed by atoms with Crippen LogP contribution in [0.1, 0.15) is 34.1 Å². The Morgan fingerprint density at radius 1 is 0.955 bits per heavy atom. The molecule has 2 aliphatic rings. The zero-order chi connectivity index (χ0) is 16.3. The smallest absolute Gasteiger partial charge is 0.236 e. The highest BCUT2D eigenvalue weighted by Gasteiger charge is 2.28. The maximum atomic E-state index is 12.5. The maximum Gasteiger partial charge on any atom is 0.236 e. The van der Waals surface area contributed by atoms with Gasteiger partial charge in [-0.05, 0) is 18.3 Å². The monoisotopic (exact) mass is 309 g/mol. The van der Waals surface area contributed by atoms with Gasteiger partial charge >= 0.3 is 0 Å². The molecule has 2 atom stereocenters. The van der Waals surface area contributed by atoms with Gasteiger partial charge in [-0.15, -0.1) is 0 Å². The van der Waals surface area contributed by atoms with Crippen LogP contribution in [0.15, 0.2) is 0 Å². The summed E-state index contributed by atoms with van der Waals surface area (Å²) in [6, 6.07) is 0. The maximum absolute atomic E-state index is 12.5. The van der Waals surface area contributed by atoms with E-state index in [0.29, 0.717) is 18.4 Å². The van der Waals surface area contributed by atoms with Crippen molar-refractivity contribution in [3.63, 3.8) is 0 Å². The Balaban J connectivity index is 1.78. The summed E-state index contributed by atoms with van der Waals surface area (Å²) in [7, 11) is 0. The van der Waals surface area contributed by atoms with E-state index in [4.69, 9.17) is 0 Å². The van der Waals surface area contributed by atoms with Crippen LogP contribution in [0, 0.1) is 17.8 Å². The summed E-state index contributed by atoms with van der Waals surface area (Å²) < 4.78 is 0. The van der Waals surface area contributed by atoms with Crippen molar-refractivity contribution in [3.8, 4) is 0 Å². The van der Waals surface area contributed by atoms with Crippen LogP contribution in [-0.2, 0) is 9.59 Å². The van der Waals surface area contributed by atoms with E-state index >= 15 is 0 Å². The fourth-order valence-electron chi connectivity index (χ4n) is 3.65. The van der Waals surface area contributed by atoms with Crippen molar-refractivity contribution in [2.24, 2.45) is 17.8 Å². The Hall–Kier alpha value is -1.10. The molecule has 2 saturated heterocycles. The minimum absolute atomic E-state index is 0.0597. The van der Waals surface area contributed by atoms with Crippen LogP contribution in [0.25, 0.3) is 0 Å². The molecule has 0 aromatic carbocycles. The molecule has 5 nitrogen and oxygen atoms in total. The first-order valence-corrected chi connectivity index (χ1v) is 8.65. The molecule has 2 aliphatic heterocycles. The Labute approximate surface area is 134 Å². The highest BCUT2D eigenvalue weighted by atomic mass is 16.2. The second-order valence-corrected chi connectivity index (χ2v) is 7.50. The molecule has 0 aliphatic carbocycles. The van der Waals surface area contributed by atoms with Crippen molar-refractivity contribution in [1.29, 1.82) is 0 Å². The quantitative estimate of drug-likeness (QED) is 0.789. The van der Waals surface area contributed by atoms with Crippen LogP contribution in [-0.4, -0.2) is 72.3 Å². The van der Waals surface area contributed by atoms with Crippen molar-refractivity contribution in [1.82, 2.24) is 14.7 Å². The number of nitrogens with zero attached hydrogens (tertiary/aromatic N) is 3. The fraction of sp³-hybridized carbons (Fsp3) is 0.882. The van der Waals surface area contributed by atoms with E-state index in [9.17, 15) is 9.59 Å². The zero-order valence-electron chi connectivity index (χ0n) is 14.5. The summed E-state index contributed by atoms with van der Waals surface area (Å²) in [6.45, 7) is 13.7. The first-order chi connectivity index (χ1) is 10.4. The van der Waals surface area contributed by atoms with E-state index < -0.39 is 0 Å². The normalized spacial score (nSPS) is 27.3. The first kappa shape index (κ1) is 17.3. The molecule has 0 saturated carbocycles. The number of carbonyl (C=O) groups excluding carboxylic acids is 2. The number of rotatable bonds is 3. The number of hydrogen-bond acceptors (Lipinski definition) is 3. The van der Waals surface area contributed by atoms with Gasteiger partial charge in [0.05, 0.1) is 6.54 Å². The molecule has 0 radical (unpaired) electrons. The lowest BCUT2D eigenvalue weighted by Crippen LogP contribution is -2.53. The van der Waals surface area contributed by atoms with Crippen molar-refractivity contribution < 1.29 is 9.59 Å². The van der Waals surface area contributed by atoms with Gasteiger partial charge < -0.3 is 9.80 Å². The standard InChI is InChI=1S/C17H31N3O2/c1-13(2)17(22)19-7-5-18(6-8-19)12-16(21)20-10-14(3)9-15(4)11-20/h13-15H,5-12H2,1-4H3. The van der Waals surface area contributed by atoms with E-state index in [1.807, 2.05) is 23.6 Å². The lowest BCUT2D eigenvalue weighted by molar-refractivity contribution is -0.138. The third-order valence-corrected chi connectivity index (χ3v) is 4.76. The van der Waals surface area contributed by atoms with Gasteiger partial charge in [-0.1, -0.05) is 27.7 Å². The lowest BCUT2D eigenvalue weighted by atomic mass is 9.92. The predicted molar refractivity (Wildman–Crippen MR) is 87.4 cm³/mol. The van der Waals surface area contributed by atoms with Crippen LogP contribution >= 0.6 is 0 Å². The van der Waals surface area contributed by atoms with Gasteiger partial charge in [0.1, 0.15) is 0 Å². The molecule has 0 bridgehead atoms. The van der Waals surface area contributed by atoms with Crippen molar-refractivity contribution >= 4 is 11.8 Å². The molecule has 0 spiro atoms. The van der Waals surface area contributed by atoms with Gasteiger partial charge in [-0.3, -0.25) is 14.5 Å². The SMILES string of the molecule is CC1CC(C)CN(C(=O)CN2CCN(C(=O)C(C)C)CC2)C1. The molecule has 0 N–H and O–H groups in total. The van der Waals surface area contributed by atoms with Gasteiger partial charge in [-0.2, -0.15) is 0 Å². The van der Waals surface area contributed by atoms with E-state index in [2.05, 4.69) is 18.7 Å². The molecule has 22 heavy (non-hydrogen) atoms. The molecule has 2 fully saturated rings. The minimum atomic E-state index is 0.0597. The van der Waals surface area contributed by atoms with E-state index in [1.165, 1.54) is 6.42 Å². The Kier molecular flexibility index (Phi) is 5.84. The highest BCUT2D eigenvalue weighted by molar-refractivity contribution is 5.79. The van der Waals surface area contributed by atoms with Crippen LogP contribution in [0.5, 0.6) is 0 Å². The number of likely N-dealkylation sites (tertiary alicyclic amines) is 1. The molecule has 2 rings (SSSR count). The van der Waals surface area contributed by atoms with Crippen LogP contribution in [0.2, 0.25) is 0 Å². The fourth-order valence-corrected chi connectivity index (χ4v) is 3.65. The van der Waals surface area contributed by atoms with Gasteiger partial charge in [0.15, 0.2) is 0 Å². The van der Waals surface area contributed by atoms with Crippen molar-refractivity contribution in [2.45, 2.75) is 34.1 Å². The Morgan fingerprint density at radius 2 is 1.50 bits per heavy atom. The largest absolute Gasteiger partial charge is 0.341 e. The van der Waals surface area contributed by atoms with Crippen molar-refractivity contribution in [3.05, 3.63) is 0 Å². The Morgan fingerprint density at radius 3 is 2.00 bits per heavy atom. The average Bonchev–Trinajstić information content (AvgIpc) is 2.46. The van der Waals surface area contributed by atoms with E-state index in [-0.39, 0.29) is 17.7 Å². The third-order valence-electron chi connectivity index (χ3n) is 4.76. The second-order valence-electron chi connectivity index (χ2n) is 7.50. The summed E-state index contributed by atoms with van der Waals surface area (Å²) in [4.78, 5) is 30.6. The predicted octanol–water partition coefficient (Wildman–Crippen LogP) is 1.29. The summed E-state index contributed by atoms with van der Waals surface area (Å²) in [5, 5.41) is 0. The number of carbonyl (C=O) groups is 2. The Bertz CT molecular complexity index is 393. The van der Waals surface area contributed by atoms with Gasteiger partial charge in [0.2, 0.25) is 11.8 Å². The van der Waals surface area contributed by atoms with Crippen molar-refractivity contribution in [2.75, 3.05) is 45.8 Å². The van der Waals surface area contributed by atoms with E-state index in [1.54, 1.807) is 0 Å². The third kappa shape index (κ3) is 4.45. The van der Waals surface area contributed by atoms with Crippen LogP contribution < -0.4 is 0 Å². The topological polar surface area (TPSA) is 43.9 Å². The van der Waals surface area contributed by atoms with Crippen LogP contribution in [0.4, 0.5) is 0 Å². The molecule has 2 heterocycles. The number of piperazine rings is 1. The second kappa shape index (κ2) is 7.44. The van der Waals surface area contributed by atoms with E-state index in [0.717, 1.165) is 39.3 Å². The first-order valence-electron chi connectivity index (χ1n) is 8.65. The molecule has 5 heteroatoms. The molecular formula is C17H31N3O2.